The molecule has 1 heterocycles. The average molecular weight is 408 g/mol. The number of aryl methyl sites for hydroxylation is 1. The fraction of sp³-hybridized carbons (Fsp3) is 0.667. The highest BCUT2D eigenvalue weighted by atomic mass is 32.2. The van der Waals surface area contributed by atoms with E-state index >= 15 is 0 Å². The topological polar surface area (TPSA) is 58.6 Å². The lowest BCUT2D eigenvalue weighted by atomic mass is 9.98. The van der Waals surface area contributed by atoms with Gasteiger partial charge in [0.2, 0.25) is 10.0 Å². The Labute approximate surface area is 158 Å². The molecule has 0 bridgehead atoms. The first-order chi connectivity index (χ1) is 12.7. The molecule has 27 heavy (non-hydrogen) atoms. The van der Waals surface area contributed by atoms with Gasteiger partial charge in [0.25, 0.3) is 0 Å². The van der Waals surface area contributed by atoms with Crippen molar-refractivity contribution in [2.45, 2.75) is 37.3 Å². The van der Waals surface area contributed by atoms with Crippen LogP contribution >= 0.6 is 0 Å². The molecule has 1 aromatic rings. The van der Waals surface area contributed by atoms with Gasteiger partial charge in [0, 0.05) is 26.2 Å². The minimum absolute atomic E-state index is 0.0702. The van der Waals surface area contributed by atoms with Crippen molar-refractivity contribution in [1.29, 1.82) is 0 Å². The molecule has 1 unspecified atom stereocenters. The van der Waals surface area contributed by atoms with Crippen LogP contribution in [0.3, 0.4) is 0 Å². The van der Waals surface area contributed by atoms with Gasteiger partial charge in [-0.05, 0) is 50.8 Å². The van der Waals surface area contributed by atoms with Crippen LogP contribution in [0.5, 0.6) is 0 Å². The van der Waals surface area contributed by atoms with Gasteiger partial charge in [0.15, 0.2) is 0 Å². The molecule has 2 rings (SSSR count). The van der Waals surface area contributed by atoms with Gasteiger partial charge in [-0.25, -0.2) is 13.1 Å². The number of benzene rings is 1. The zero-order valence-corrected chi connectivity index (χ0v) is 16.3. The third-order valence-corrected chi connectivity index (χ3v) is 5.96. The van der Waals surface area contributed by atoms with Gasteiger partial charge in [-0.3, -0.25) is 0 Å². The molecular formula is C18H27F3N2O3S. The van der Waals surface area contributed by atoms with E-state index in [-0.39, 0.29) is 17.4 Å². The summed E-state index contributed by atoms with van der Waals surface area (Å²) >= 11 is 0. The Bertz CT molecular complexity index is 678. The minimum Gasteiger partial charge on any atom is -0.372 e. The highest BCUT2D eigenvalue weighted by Gasteiger charge is 2.27. The van der Waals surface area contributed by atoms with Crippen molar-refractivity contribution in [2.75, 3.05) is 39.4 Å². The average Bonchev–Trinajstić information content (AvgIpc) is 2.60. The van der Waals surface area contributed by atoms with Crippen LogP contribution in [0, 0.1) is 12.8 Å². The van der Waals surface area contributed by atoms with Gasteiger partial charge < -0.3 is 9.64 Å². The fourth-order valence-corrected chi connectivity index (χ4v) is 4.24. The van der Waals surface area contributed by atoms with Crippen molar-refractivity contribution >= 4 is 10.0 Å². The van der Waals surface area contributed by atoms with Crippen LogP contribution in [0.15, 0.2) is 29.2 Å². The minimum atomic E-state index is -4.29. The molecule has 1 aliphatic heterocycles. The highest BCUT2D eigenvalue weighted by molar-refractivity contribution is 7.89. The Hall–Kier alpha value is -1.16. The number of hydrogen-bond acceptors (Lipinski definition) is 4. The molecule has 1 N–H and O–H groups in total. The monoisotopic (exact) mass is 408 g/mol. The maximum Gasteiger partial charge on any atom is 0.411 e. The number of rotatable bonds is 9. The summed E-state index contributed by atoms with van der Waals surface area (Å²) in [6.45, 7) is 3.37. The second-order valence-corrected chi connectivity index (χ2v) is 8.76. The summed E-state index contributed by atoms with van der Waals surface area (Å²) in [5, 5.41) is 0. The van der Waals surface area contributed by atoms with Crippen LogP contribution in [0.1, 0.15) is 24.8 Å². The normalized spacial score (nSPS) is 19.3. The summed E-state index contributed by atoms with van der Waals surface area (Å²) in [5.74, 6) is 0.190. The molecule has 0 aromatic heterocycles. The molecule has 1 aliphatic rings. The molecule has 5 nitrogen and oxygen atoms in total. The summed E-state index contributed by atoms with van der Waals surface area (Å²) in [6.07, 6.45) is -1.89. The highest BCUT2D eigenvalue weighted by Crippen LogP contribution is 2.18. The van der Waals surface area contributed by atoms with Crippen molar-refractivity contribution in [3.8, 4) is 0 Å². The second-order valence-electron chi connectivity index (χ2n) is 7.00. The molecule has 0 aliphatic carbocycles. The largest absolute Gasteiger partial charge is 0.411 e. The summed E-state index contributed by atoms with van der Waals surface area (Å²) in [6, 6.07) is 6.70. The fourth-order valence-electron chi connectivity index (χ4n) is 3.13. The quantitative estimate of drug-likeness (QED) is 0.639. The number of alkyl halides is 3. The third kappa shape index (κ3) is 8.16. The van der Waals surface area contributed by atoms with Crippen molar-refractivity contribution in [3.05, 3.63) is 29.8 Å². The Balaban J connectivity index is 1.72. The van der Waals surface area contributed by atoms with Crippen LogP contribution in [0.4, 0.5) is 13.2 Å². The van der Waals surface area contributed by atoms with E-state index in [0.717, 1.165) is 31.5 Å². The van der Waals surface area contributed by atoms with Gasteiger partial charge in [-0.2, -0.15) is 13.2 Å². The van der Waals surface area contributed by atoms with Crippen molar-refractivity contribution < 1.29 is 26.3 Å². The molecule has 1 fully saturated rings. The van der Waals surface area contributed by atoms with E-state index in [9.17, 15) is 21.6 Å². The molecule has 154 valence electrons. The van der Waals surface area contributed by atoms with E-state index in [0.29, 0.717) is 19.5 Å². The van der Waals surface area contributed by atoms with E-state index < -0.39 is 22.8 Å². The molecule has 1 atom stereocenters. The van der Waals surface area contributed by atoms with Crippen LogP contribution in [-0.4, -0.2) is 58.9 Å². The summed E-state index contributed by atoms with van der Waals surface area (Å²) in [5.41, 5.74) is 0.996. The van der Waals surface area contributed by atoms with Crippen LogP contribution < -0.4 is 4.72 Å². The summed E-state index contributed by atoms with van der Waals surface area (Å²) in [7, 11) is -3.53. The number of nitrogens with one attached hydrogen (secondary N) is 1. The predicted molar refractivity (Wildman–Crippen MR) is 97.0 cm³/mol. The van der Waals surface area contributed by atoms with Crippen LogP contribution in [-0.2, 0) is 14.8 Å². The Kier molecular flexibility index (Phi) is 8.08. The number of hydrogen-bond donors (Lipinski definition) is 1. The van der Waals surface area contributed by atoms with Crippen molar-refractivity contribution in [3.63, 3.8) is 0 Å². The Morgan fingerprint density at radius 2 is 1.96 bits per heavy atom. The number of nitrogens with zero attached hydrogens (tertiary/aromatic N) is 1. The first kappa shape index (κ1) is 22.1. The predicted octanol–water partition coefficient (Wildman–Crippen LogP) is 2.95. The molecule has 0 saturated carbocycles. The van der Waals surface area contributed by atoms with Gasteiger partial charge in [0.05, 0.1) is 4.90 Å². The number of piperidine rings is 1. The lowest BCUT2D eigenvalue weighted by Gasteiger charge is -2.32. The lowest BCUT2D eigenvalue weighted by molar-refractivity contribution is -0.174. The van der Waals surface area contributed by atoms with Crippen LogP contribution in [0.2, 0.25) is 0 Å². The number of halogens is 3. The zero-order chi connectivity index (χ0) is 19.9. The van der Waals surface area contributed by atoms with Crippen LogP contribution in [0.25, 0.3) is 0 Å². The summed E-state index contributed by atoms with van der Waals surface area (Å²) in [4.78, 5) is 2.41. The van der Waals surface area contributed by atoms with E-state index in [1.54, 1.807) is 24.3 Å². The number of likely N-dealkylation sites (tertiary alicyclic amines) is 1. The molecule has 1 saturated heterocycles. The lowest BCUT2D eigenvalue weighted by Crippen LogP contribution is -2.41. The van der Waals surface area contributed by atoms with Crippen molar-refractivity contribution in [2.24, 2.45) is 5.92 Å². The molecule has 0 amide bonds. The Morgan fingerprint density at radius 1 is 1.26 bits per heavy atom. The molecule has 0 radical (unpaired) electrons. The van der Waals surface area contributed by atoms with E-state index in [1.807, 2.05) is 6.92 Å². The van der Waals surface area contributed by atoms with E-state index in [1.165, 1.54) is 0 Å². The van der Waals surface area contributed by atoms with Gasteiger partial charge in [0.1, 0.15) is 6.61 Å². The maximum atomic E-state index is 12.4. The van der Waals surface area contributed by atoms with E-state index in [4.69, 9.17) is 0 Å². The first-order valence-corrected chi connectivity index (χ1v) is 10.6. The van der Waals surface area contributed by atoms with Gasteiger partial charge >= 0.3 is 6.18 Å². The zero-order valence-electron chi connectivity index (χ0n) is 15.5. The van der Waals surface area contributed by atoms with Crippen molar-refractivity contribution in [1.82, 2.24) is 9.62 Å². The Morgan fingerprint density at radius 3 is 2.63 bits per heavy atom. The molecule has 9 heteroatoms. The summed E-state index contributed by atoms with van der Waals surface area (Å²) < 4.78 is 68.1. The standard InChI is InChI=1S/C18H27F3N2O3S/c1-15-5-7-17(8-6-15)27(24,25)22-12-16-4-2-9-23(13-16)10-3-11-26-14-18(19,20)21/h5-8,16,22H,2-4,9-14H2,1H3. The second kappa shape index (κ2) is 9.86. The van der Waals surface area contributed by atoms with E-state index in [2.05, 4.69) is 14.4 Å². The number of ether oxygens (including phenoxy) is 1. The SMILES string of the molecule is Cc1ccc(S(=O)(=O)NCC2CCCN(CCCOCC(F)(F)F)C2)cc1. The van der Waals surface area contributed by atoms with Gasteiger partial charge in [-0.1, -0.05) is 17.7 Å². The maximum absolute atomic E-state index is 12.4. The molecule has 1 aromatic carbocycles. The number of sulfonamides is 1. The smallest absolute Gasteiger partial charge is 0.372 e. The molecule has 0 spiro atoms. The first-order valence-electron chi connectivity index (χ1n) is 9.09. The van der Waals surface area contributed by atoms with Gasteiger partial charge in [-0.15, -0.1) is 0 Å². The molecular weight excluding hydrogens is 381 g/mol. The third-order valence-electron chi connectivity index (χ3n) is 4.53.